The fraction of sp³-hybridized carbons (Fsp3) is 0.636. The highest BCUT2D eigenvalue weighted by molar-refractivity contribution is 9.09. The summed E-state index contributed by atoms with van der Waals surface area (Å²) >= 11 is 3.37. The number of halogens is 1. The molecule has 1 rings (SSSR count). The van der Waals surface area contributed by atoms with Crippen LogP contribution in [0.15, 0.2) is 6.07 Å². The fourth-order valence-electron chi connectivity index (χ4n) is 1.66. The monoisotopic (exact) mass is 287 g/mol. The van der Waals surface area contributed by atoms with E-state index in [-0.39, 0.29) is 5.91 Å². The predicted octanol–water partition coefficient (Wildman–Crippen LogP) is 1.98. The van der Waals surface area contributed by atoms with Crippen LogP contribution in [0.2, 0.25) is 0 Å². The third-order valence-corrected chi connectivity index (χ3v) is 2.71. The molecule has 0 saturated heterocycles. The molecule has 0 aliphatic heterocycles. The molecule has 0 atom stereocenters. The number of carbonyl (C=O) groups is 1. The minimum atomic E-state index is 0.0596. The molecule has 0 fully saturated rings. The van der Waals surface area contributed by atoms with Crippen molar-refractivity contribution in [2.75, 3.05) is 18.4 Å². The largest absolute Gasteiger partial charge is 0.337 e. The maximum Gasteiger partial charge on any atom is 0.272 e. The zero-order chi connectivity index (χ0) is 12.1. The molecule has 1 amide bonds. The summed E-state index contributed by atoms with van der Waals surface area (Å²) in [5.74, 6) is 0.0596. The second-order valence-electron chi connectivity index (χ2n) is 3.78. The lowest BCUT2D eigenvalue weighted by Gasteiger charge is -2.20. The van der Waals surface area contributed by atoms with E-state index in [1.54, 1.807) is 11.7 Å². The van der Waals surface area contributed by atoms with Crippen LogP contribution in [-0.2, 0) is 7.05 Å². The average molecular weight is 288 g/mol. The summed E-state index contributed by atoms with van der Waals surface area (Å²) in [6.07, 6.45) is 0.968. The second-order valence-corrected chi connectivity index (χ2v) is 4.57. The van der Waals surface area contributed by atoms with Gasteiger partial charge >= 0.3 is 0 Å². The zero-order valence-electron chi connectivity index (χ0n) is 10.0. The molecule has 0 bridgehead atoms. The summed E-state index contributed by atoms with van der Waals surface area (Å²) in [5.41, 5.74) is 1.54. The lowest BCUT2D eigenvalue weighted by Crippen LogP contribution is -2.34. The van der Waals surface area contributed by atoms with E-state index in [1.807, 2.05) is 17.9 Å². The number of carbonyl (C=O) groups excluding carboxylic acids is 1. The first-order valence-corrected chi connectivity index (χ1v) is 6.58. The van der Waals surface area contributed by atoms with Gasteiger partial charge in [-0.1, -0.05) is 22.9 Å². The molecule has 1 aromatic heterocycles. The van der Waals surface area contributed by atoms with E-state index in [9.17, 15) is 4.79 Å². The molecule has 4 nitrogen and oxygen atoms in total. The van der Waals surface area contributed by atoms with E-state index in [0.717, 1.165) is 30.5 Å². The predicted molar refractivity (Wildman–Crippen MR) is 67.9 cm³/mol. The number of aryl methyl sites for hydroxylation is 2. The molecular weight excluding hydrogens is 270 g/mol. The zero-order valence-corrected chi connectivity index (χ0v) is 11.6. The van der Waals surface area contributed by atoms with Crippen molar-refractivity contribution in [2.45, 2.75) is 20.3 Å². The van der Waals surface area contributed by atoms with Crippen molar-refractivity contribution in [2.24, 2.45) is 7.05 Å². The van der Waals surface area contributed by atoms with Crippen LogP contribution in [0, 0.1) is 6.92 Å². The smallest absolute Gasteiger partial charge is 0.272 e. The lowest BCUT2D eigenvalue weighted by atomic mass is 10.3. The third kappa shape index (κ3) is 3.07. The number of alkyl halides is 1. The number of hydrogen-bond donors (Lipinski definition) is 0. The van der Waals surface area contributed by atoms with Crippen LogP contribution in [0.3, 0.4) is 0 Å². The van der Waals surface area contributed by atoms with E-state index in [4.69, 9.17) is 0 Å². The van der Waals surface area contributed by atoms with Gasteiger partial charge in [-0.05, 0) is 19.4 Å². The Morgan fingerprint density at radius 1 is 1.56 bits per heavy atom. The maximum atomic E-state index is 12.2. The number of amides is 1. The summed E-state index contributed by atoms with van der Waals surface area (Å²) < 4.78 is 1.65. The first-order valence-electron chi connectivity index (χ1n) is 5.46. The Bertz CT molecular complexity index is 356. The fourth-order valence-corrected chi connectivity index (χ4v) is 2.09. The Morgan fingerprint density at radius 3 is 2.69 bits per heavy atom. The van der Waals surface area contributed by atoms with Crippen molar-refractivity contribution in [3.8, 4) is 0 Å². The van der Waals surface area contributed by atoms with Crippen LogP contribution in [0.5, 0.6) is 0 Å². The third-order valence-electron chi connectivity index (χ3n) is 2.36. The molecule has 0 saturated carbocycles. The Balaban J connectivity index is 2.85. The van der Waals surface area contributed by atoms with Gasteiger partial charge < -0.3 is 4.90 Å². The Kier molecular flexibility index (Phi) is 4.99. The molecule has 16 heavy (non-hydrogen) atoms. The van der Waals surface area contributed by atoms with Crippen LogP contribution in [-0.4, -0.2) is 39.0 Å². The Morgan fingerprint density at radius 2 is 2.25 bits per heavy atom. The summed E-state index contributed by atoms with van der Waals surface area (Å²) in [6.45, 7) is 5.49. The van der Waals surface area contributed by atoms with Crippen molar-refractivity contribution < 1.29 is 4.79 Å². The average Bonchev–Trinajstić information content (AvgIpc) is 2.56. The lowest BCUT2D eigenvalue weighted by molar-refractivity contribution is 0.0755. The van der Waals surface area contributed by atoms with Crippen LogP contribution in [0.25, 0.3) is 0 Å². The van der Waals surface area contributed by atoms with Crippen LogP contribution in [0.4, 0.5) is 0 Å². The maximum absolute atomic E-state index is 12.2. The van der Waals surface area contributed by atoms with Gasteiger partial charge in [-0.3, -0.25) is 9.48 Å². The molecular formula is C11H18BrN3O. The molecule has 1 aromatic rings. The van der Waals surface area contributed by atoms with Crippen LogP contribution in [0.1, 0.15) is 29.5 Å². The number of aromatic nitrogens is 2. The topological polar surface area (TPSA) is 38.1 Å². The molecule has 0 aliphatic rings. The van der Waals surface area contributed by atoms with Gasteiger partial charge in [-0.25, -0.2) is 0 Å². The van der Waals surface area contributed by atoms with Crippen molar-refractivity contribution in [3.05, 3.63) is 17.5 Å². The molecule has 0 N–H and O–H groups in total. The first kappa shape index (κ1) is 13.2. The molecule has 0 unspecified atom stereocenters. The van der Waals surface area contributed by atoms with E-state index < -0.39 is 0 Å². The summed E-state index contributed by atoms with van der Waals surface area (Å²) in [6, 6.07) is 1.83. The van der Waals surface area contributed by atoms with Crippen LogP contribution < -0.4 is 0 Å². The quantitative estimate of drug-likeness (QED) is 0.777. The van der Waals surface area contributed by atoms with Crippen molar-refractivity contribution in [1.29, 1.82) is 0 Å². The van der Waals surface area contributed by atoms with Gasteiger partial charge in [0.15, 0.2) is 0 Å². The van der Waals surface area contributed by atoms with Gasteiger partial charge in [0.25, 0.3) is 5.91 Å². The van der Waals surface area contributed by atoms with E-state index in [0.29, 0.717) is 5.69 Å². The van der Waals surface area contributed by atoms with Crippen molar-refractivity contribution >= 4 is 21.8 Å². The SMILES string of the molecule is CCCN(CCBr)C(=O)c1cc(C)nn1C. The molecule has 0 radical (unpaired) electrons. The molecule has 1 heterocycles. The summed E-state index contributed by atoms with van der Waals surface area (Å²) in [5, 5.41) is 4.99. The van der Waals surface area contributed by atoms with E-state index in [1.165, 1.54) is 0 Å². The molecule has 5 heteroatoms. The number of hydrogen-bond acceptors (Lipinski definition) is 2. The van der Waals surface area contributed by atoms with E-state index in [2.05, 4.69) is 28.0 Å². The van der Waals surface area contributed by atoms with Gasteiger partial charge in [-0.2, -0.15) is 5.10 Å². The first-order chi connectivity index (χ1) is 7.60. The summed E-state index contributed by atoms with van der Waals surface area (Å²) in [7, 11) is 1.80. The minimum Gasteiger partial charge on any atom is -0.337 e. The summed E-state index contributed by atoms with van der Waals surface area (Å²) in [4.78, 5) is 14.1. The highest BCUT2D eigenvalue weighted by Crippen LogP contribution is 2.07. The highest BCUT2D eigenvalue weighted by atomic mass is 79.9. The van der Waals surface area contributed by atoms with Gasteiger partial charge in [0, 0.05) is 25.5 Å². The Hall–Kier alpha value is -0.840. The van der Waals surface area contributed by atoms with Gasteiger partial charge in [0.05, 0.1) is 5.69 Å². The number of nitrogens with zero attached hydrogens (tertiary/aromatic N) is 3. The van der Waals surface area contributed by atoms with Crippen LogP contribution >= 0.6 is 15.9 Å². The van der Waals surface area contributed by atoms with E-state index >= 15 is 0 Å². The van der Waals surface area contributed by atoms with Gasteiger partial charge in [-0.15, -0.1) is 0 Å². The van der Waals surface area contributed by atoms with Crippen molar-refractivity contribution in [3.63, 3.8) is 0 Å². The standard InChI is InChI=1S/C11H18BrN3O/c1-4-6-15(7-5-12)11(16)10-8-9(2)13-14(10)3/h8H,4-7H2,1-3H3. The molecule has 0 spiro atoms. The van der Waals surface area contributed by atoms with Gasteiger partial charge in [0.1, 0.15) is 5.69 Å². The van der Waals surface area contributed by atoms with Crippen molar-refractivity contribution in [1.82, 2.24) is 14.7 Å². The molecule has 0 aliphatic carbocycles. The minimum absolute atomic E-state index is 0.0596. The number of rotatable bonds is 5. The Labute approximate surface area is 105 Å². The normalized spacial score (nSPS) is 10.5. The molecule has 90 valence electrons. The second kappa shape index (κ2) is 6.03. The highest BCUT2D eigenvalue weighted by Gasteiger charge is 2.18. The molecule has 0 aromatic carbocycles. The van der Waals surface area contributed by atoms with Gasteiger partial charge in [0.2, 0.25) is 0 Å².